The maximum Gasteiger partial charge on any atom is 0.406 e. The zero-order valence-electron chi connectivity index (χ0n) is 14.5. The molecular formula is C18H19F3N2O4. The standard InChI is InChI=1S/C18H19F3N2O4/c1-10-8-13(10)14(24)22-12-4-2-11(3-5-12)15(25)23-7-6-17(9-23,16(26)27)18(19,20)21/h2-5,10,13H,6-9H2,1H3,(H,22,24)(H,26,27). The Labute approximate surface area is 153 Å². The fourth-order valence-electron chi connectivity index (χ4n) is 3.31. The summed E-state index contributed by atoms with van der Waals surface area (Å²) in [4.78, 5) is 36.5. The fraction of sp³-hybridized carbons (Fsp3) is 0.500. The van der Waals surface area contributed by atoms with Crippen molar-refractivity contribution in [2.75, 3.05) is 18.4 Å². The molecule has 3 unspecified atom stereocenters. The van der Waals surface area contributed by atoms with Crippen molar-refractivity contribution in [3.05, 3.63) is 29.8 Å². The minimum Gasteiger partial charge on any atom is -0.481 e. The molecule has 1 aromatic rings. The molecule has 6 nitrogen and oxygen atoms in total. The second-order valence-corrected chi connectivity index (χ2v) is 7.25. The average Bonchev–Trinajstić information content (AvgIpc) is 3.14. The van der Waals surface area contributed by atoms with Crippen LogP contribution in [0.25, 0.3) is 0 Å². The van der Waals surface area contributed by atoms with Crippen molar-refractivity contribution in [2.45, 2.75) is 25.9 Å². The molecule has 1 saturated carbocycles. The van der Waals surface area contributed by atoms with Crippen LogP contribution >= 0.6 is 0 Å². The van der Waals surface area contributed by atoms with Crippen LogP contribution in [0.4, 0.5) is 18.9 Å². The van der Waals surface area contributed by atoms with E-state index in [-0.39, 0.29) is 23.9 Å². The molecule has 1 heterocycles. The van der Waals surface area contributed by atoms with E-state index in [4.69, 9.17) is 5.11 Å². The Bertz CT molecular complexity index is 778. The molecule has 3 rings (SSSR count). The zero-order valence-corrected chi connectivity index (χ0v) is 14.5. The van der Waals surface area contributed by atoms with Crippen molar-refractivity contribution < 1.29 is 32.7 Å². The summed E-state index contributed by atoms with van der Waals surface area (Å²) in [5.41, 5.74) is -2.30. The number of carbonyl (C=O) groups excluding carboxylic acids is 2. The number of rotatable bonds is 4. The van der Waals surface area contributed by atoms with E-state index in [2.05, 4.69) is 5.32 Å². The number of alkyl halides is 3. The van der Waals surface area contributed by atoms with Gasteiger partial charge in [-0.05, 0) is 43.0 Å². The Morgan fingerprint density at radius 2 is 1.81 bits per heavy atom. The number of likely N-dealkylation sites (tertiary alicyclic amines) is 1. The number of carboxylic acid groups (broad SMARTS) is 1. The summed E-state index contributed by atoms with van der Waals surface area (Å²) in [5, 5.41) is 11.8. The summed E-state index contributed by atoms with van der Waals surface area (Å²) in [7, 11) is 0. The van der Waals surface area contributed by atoms with Crippen LogP contribution < -0.4 is 5.32 Å². The van der Waals surface area contributed by atoms with Gasteiger partial charge in [-0.3, -0.25) is 14.4 Å². The van der Waals surface area contributed by atoms with Crippen LogP contribution in [-0.4, -0.2) is 47.1 Å². The van der Waals surface area contributed by atoms with Crippen LogP contribution in [-0.2, 0) is 9.59 Å². The van der Waals surface area contributed by atoms with Crippen molar-refractivity contribution in [1.82, 2.24) is 4.90 Å². The monoisotopic (exact) mass is 384 g/mol. The molecule has 1 saturated heterocycles. The van der Waals surface area contributed by atoms with Gasteiger partial charge in [-0.25, -0.2) is 0 Å². The van der Waals surface area contributed by atoms with Gasteiger partial charge in [0.05, 0.1) is 0 Å². The van der Waals surface area contributed by atoms with Gasteiger partial charge in [0, 0.05) is 30.3 Å². The molecule has 0 aromatic heterocycles. The lowest BCUT2D eigenvalue weighted by molar-refractivity contribution is -0.227. The van der Waals surface area contributed by atoms with E-state index in [1.807, 2.05) is 6.92 Å². The van der Waals surface area contributed by atoms with Gasteiger partial charge in [-0.1, -0.05) is 6.92 Å². The second kappa shape index (κ2) is 6.54. The molecule has 1 aliphatic carbocycles. The van der Waals surface area contributed by atoms with Gasteiger partial charge in [-0.15, -0.1) is 0 Å². The summed E-state index contributed by atoms with van der Waals surface area (Å²) >= 11 is 0. The first kappa shape index (κ1) is 19.2. The number of amides is 2. The third kappa shape index (κ3) is 3.50. The topological polar surface area (TPSA) is 86.7 Å². The lowest BCUT2D eigenvalue weighted by atomic mass is 9.86. The molecule has 1 aromatic carbocycles. The quantitative estimate of drug-likeness (QED) is 0.836. The summed E-state index contributed by atoms with van der Waals surface area (Å²) in [5.74, 6) is -2.40. The molecule has 0 radical (unpaired) electrons. The number of hydrogen-bond donors (Lipinski definition) is 2. The van der Waals surface area contributed by atoms with Gasteiger partial charge in [-0.2, -0.15) is 13.2 Å². The van der Waals surface area contributed by atoms with E-state index >= 15 is 0 Å². The number of nitrogens with one attached hydrogen (secondary N) is 1. The van der Waals surface area contributed by atoms with Gasteiger partial charge < -0.3 is 15.3 Å². The summed E-state index contributed by atoms with van der Waals surface area (Å²) in [6, 6.07) is 5.82. The van der Waals surface area contributed by atoms with E-state index in [1.54, 1.807) is 0 Å². The second-order valence-electron chi connectivity index (χ2n) is 7.25. The maximum atomic E-state index is 13.2. The highest BCUT2D eigenvalue weighted by Gasteiger charge is 2.64. The highest BCUT2D eigenvalue weighted by molar-refractivity contribution is 5.97. The average molecular weight is 384 g/mol. The van der Waals surface area contributed by atoms with Crippen LogP contribution in [0.3, 0.4) is 0 Å². The predicted octanol–water partition coefficient (Wildman–Crippen LogP) is 2.76. The van der Waals surface area contributed by atoms with Gasteiger partial charge in [0.15, 0.2) is 5.41 Å². The molecule has 2 amide bonds. The minimum atomic E-state index is -4.94. The number of nitrogens with zero attached hydrogens (tertiary/aromatic N) is 1. The molecule has 0 bridgehead atoms. The molecule has 0 spiro atoms. The molecule has 2 aliphatic rings. The van der Waals surface area contributed by atoms with Crippen LogP contribution in [0, 0.1) is 17.3 Å². The van der Waals surface area contributed by atoms with Crippen molar-refractivity contribution in [3.63, 3.8) is 0 Å². The largest absolute Gasteiger partial charge is 0.481 e. The van der Waals surface area contributed by atoms with E-state index < -0.39 is 36.4 Å². The Balaban J connectivity index is 1.68. The van der Waals surface area contributed by atoms with Crippen molar-refractivity contribution in [3.8, 4) is 0 Å². The molecule has 9 heteroatoms. The van der Waals surface area contributed by atoms with Crippen LogP contribution in [0.5, 0.6) is 0 Å². The summed E-state index contributed by atoms with van der Waals surface area (Å²) in [6.45, 7) is 0.769. The third-order valence-corrected chi connectivity index (χ3v) is 5.35. The highest BCUT2D eigenvalue weighted by Crippen LogP contribution is 2.46. The normalized spacial score (nSPS) is 27.3. The first-order valence-electron chi connectivity index (χ1n) is 8.55. The zero-order chi connectivity index (χ0) is 20.0. The summed E-state index contributed by atoms with van der Waals surface area (Å²) < 4.78 is 39.7. The van der Waals surface area contributed by atoms with E-state index in [0.29, 0.717) is 11.6 Å². The molecule has 27 heavy (non-hydrogen) atoms. The smallest absolute Gasteiger partial charge is 0.406 e. The van der Waals surface area contributed by atoms with Crippen molar-refractivity contribution in [2.24, 2.45) is 17.3 Å². The van der Waals surface area contributed by atoms with Crippen molar-refractivity contribution >= 4 is 23.5 Å². The molecule has 3 atom stereocenters. The first-order chi connectivity index (χ1) is 12.5. The number of hydrogen-bond acceptors (Lipinski definition) is 3. The Hall–Kier alpha value is -2.58. The van der Waals surface area contributed by atoms with E-state index in [1.165, 1.54) is 24.3 Å². The third-order valence-electron chi connectivity index (χ3n) is 5.35. The minimum absolute atomic E-state index is 0.0116. The molecule has 2 fully saturated rings. The lowest BCUT2D eigenvalue weighted by Gasteiger charge is -2.27. The van der Waals surface area contributed by atoms with Crippen LogP contribution in [0.15, 0.2) is 24.3 Å². The molecule has 1 aliphatic heterocycles. The van der Waals surface area contributed by atoms with E-state index in [0.717, 1.165) is 11.3 Å². The number of carbonyl (C=O) groups is 3. The van der Waals surface area contributed by atoms with Crippen LogP contribution in [0.2, 0.25) is 0 Å². The van der Waals surface area contributed by atoms with Gasteiger partial charge in [0.1, 0.15) is 0 Å². The Morgan fingerprint density at radius 1 is 1.22 bits per heavy atom. The lowest BCUT2D eigenvalue weighted by Crippen LogP contribution is -2.47. The number of halogens is 3. The molecular weight excluding hydrogens is 365 g/mol. The fourth-order valence-corrected chi connectivity index (χ4v) is 3.31. The first-order valence-corrected chi connectivity index (χ1v) is 8.55. The number of carboxylic acids is 1. The Kier molecular flexibility index (Phi) is 4.65. The predicted molar refractivity (Wildman–Crippen MR) is 89.0 cm³/mol. The maximum absolute atomic E-state index is 13.2. The van der Waals surface area contributed by atoms with Crippen LogP contribution in [0.1, 0.15) is 30.1 Å². The highest BCUT2D eigenvalue weighted by atomic mass is 19.4. The van der Waals surface area contributed by atoms with Gasteiger partial charge in [0.25, 0.3) is 5.91 Å². The van der Waals surface area contributed by atoms with Crippen molar-refractivity contribution in [1.29, 1.82) is 0 Å². The number of anilines is 1. The summed E-state index contributed by atoms with van der Waals surface area (Å²) in [6.07, 6.45) is -4.78. The SMILES string of the molecule is CC1CC1C(=O)Nc1ccc(C(=O)N2CCC(C(=O)O)(C(F)(F)F)C2)cc1. The molecule has 146 valence electrons. The molecule has 2 N–H and O–H groups in total. The van der Waals surface area contributed by atoms with Gasteiger partial charge in [0.2, 0.25) is 5.91 Å². The number of benzene rings is 1. The van der Waals surface area contributed by atoms with Gasteiger partial charge >= 0.3 is 12.1 Å². The Morgan fingerprint density at radius 3 is 2.26 bits per heavy atom. The van der Waals surface area contributed by atoms with E-state index in [9.17, 15) is 27.6 Å². The number of aliphatic carboxylic acids is 1.